The van der Waals surface area contributed by atoms with Gasteiger partial charge in [0, 0.05) is 37.7 Å². The number of aliphatic hydroxyl groups excluding tert-OH is 1. The number of halogens is 1. The molecule has 0 fully saturated rings. The molecule has 0 aromatic heterocycles. The van der Waals surface area contributed by atoms with Gasteiger partial charge in [-0.05, 0) is 68.0 Å². The maximum atomic E-state index is 14.2. The number of hydrogen-bond donors (Lipinski definition) is 3. The zero-order chi connectivity index (χ0) is 30.0. The van der Waals surface area contributed by atoms with E-state index in [-0.39, 0.29) is 25.3 Å². The van der Waals surface area contributed by atoms with Gasteiger partial charge in [-0.1, -0.05) is 55.8 Å². The van der Waals surface area contributed by atoms with E-state index in [1.54, 1.807) is 25.3 Å². The number of nitrogens with zero attached hydrogens (tertiary/aromatic N) is 1. The SMILES string of the molecule is CCCN(CCC)C(=O)C1=CC(C)=CC(C(N)=O)([C@H](Cc2cccc(F)c2)[C@@H](O)CNCc2cccc(OC)c2)C1. The maximum absolute atomic E-state index is 14.2. The molecule has 0 heterocycles. The highest BCUT2D eigenvalue weighted by Crippen LogP contribution is 2.44. The van der Waals surface area contributed by atoms with Crippen molar-refractivity contribution < 1.29 is 23.8 Å². The van der Waals surface area contributed by atoms with Crippen molar-refractivity contribution in [2.45, 2.75) is 59.1 Å². The number of ether oxygens (including phenoxy) is 1. The Morgan fingerprint density at radius 2 is 1.80 bits per heavy atom. The van der Waals surface area contributed by atoms with Crippen molar-refractivity contribution in [3.05, 3.63) is 88.8 Å². The van der Waals surface area contributed by atoms with Crippen molar-refractivity contribution in [2.75, 3.05) is 26.7 Å². The first kappa shape index (κ1) is 32.0. The number of benzene rings is 2. The fourth-order valence-electron chi connectivity index (χ4n) is 5.78. The summed E-state index contributed by atoms with van der Waals surface area (Å²) in [5.74, 6) is -1.14. The van der Waals surface area contributed by atoms with Crippen LogP contribution in [0, 0.1) is 17.2 Å². The van der Waals surface area contributed by atoms with Crippen LogP contribution in [0.25, 0.3) is 0 Å². The smallest absolute Gasteiger partial charge is 0.249 e. The number of methoxy groups -OCH3 is 1. The standard InChI is InChI=1S/C33H44FN3O4/c1-5-13-37(14-6-2)31(39)26-15-23(3)19-33(20-26,32(35)40)29(18-24-9-7-11-27(34)16-24)30(38)22-36-21-25-10-8-12-28(17-25)41-4/h7-12,15-17,19,29-30,36,38H,5-6,13-14,18,20-22H2,1-4H3,(H2,35,40)/t29-,30+,33?/m1/s1. The molecule has 1 aliphatic rings. The summed E-state index contributed by atoms with van der Waals surface area (Å²) >= 11 is 0. The summed E-state index contributed by atoms with van der Waals surface area (Å²) in [7, 11) is 1.60. The number of aliphatic hydroxyl groups is 1. The Morgan fingerprint density at radius 3 is 2.44 bits per heavy atom. The second-order valence-electron chi connectivity index (χ2n) is 10.9. The minimum atomic E-state index is -1.35. The highest BCUT2D eigenvalue weighted by molar-refractivity contribution is 5.96. The largest absolute Gasteiger partial charge is 0.497 e. The first-order valence-electron chi connectivity index (χ1n) is 14.4. The summed E-state index contributed by atoms with van der Waals surface area (Å²) < 4.78 is 19.5. The number of primary amides is 1. The van der Waals surface area contributed by atoms with E-state index in [4.69, 9.17) is 10.5 Å². The van der Waals surface area contributed by atoms with Crippen molar-refractivity contribution in [1.82, 2.24) is 10.2 Å². The fraction of sp³-hybridized carbons (Fsp3) is 0.455. The van der Waals surface area contributed by atoms with E-state index >= 15 is 0 Å². The van der Waals surface area contributed by atoms with E-state index in [0.717, 1.165) is 29.7 Å². The first-order valence-corrected chi connectivity index (χ1v) is 14.4. The lowest BCUT2D eigenvalue weighted by Gasteiger charge is -2.42. The van der Waals surface area contributed by atoms with Crippen molar-refractivity contribution in [3.8, 4) is 5.75 Å². The molecular formula is C33H44FN3O4. The quantitative estimate of drug-likeness (QED) is 0.294. The molecule has 2 aromatic carbocycles. The van der Waals surface area contributed by atoms with Gasteiger partial charge in [0.05, 0.1) is 18.6 Å². The molecule has 0 spiro atoms. The molecule has 2 amide bonds. The molecule has 8 heteroatoms. The molecule has 1 aliphatic carbocycles. The van der Waals surface area contributed by atoms with Gasteiger partial charge in [0.15, 0.2) is 0 Å². The van der Waals surface area contributed by atoms with Crippen LogP contribution in [0.3, 0.4) is 0 Å². The van der Waals surface area contributed by atoms with Gasteiger partial charge in [-0.25, -0.2) is 4.39 Å². The number of nitrogens with two attached hydrogens (primary N) is 1. The zero-order valence-corrected chi connectivity index (χ0v) is 24.7. The lowest BCUT2D eigenvalue weighted by molar-refractivity contribution is -0.132. The van der Waals surface area contributed by atoms with Crippen LogP contribution in [0.1, 0.15) is 51.2 Å². The third-order valence-electron chi connectivity index (χ3n) is 7.67. The van der Waals surface area contributed by atoms with E-state index in [9.17, 15) is 19.1 Å². The minimum absolute atomic E-state index is 0.0648. The van der Waals surface area contributed by atoms with Crippen LogP contribution in [0.2, 0.25) is 0 Å². The highest BCUT2D eigenvalue weighted by Gasteiger charge is 2.48. The summed E-state index contributed by atoms with van der Waals surface area (Å²) in [6.45, 7) is 7.72. The van der Waals surface area contributed by atoms with Crippen molar-refractivity contribution in [1.29, 1.82) is 0 Å². The number of carbonyl (C=O) groups excluding carboxylic acids is 2. The molecule has 0 saturated heterocycles. The van der Waals surface area contributed by atoms with Crippen molar-refractivity contribution >= 4 is 11.8 Å². The van der Waals surface area contributed by atoms with Gasteiger partial charge in [-0.15, -0.1) is 0 Å². The average Bonchev–Trinajstić information content (AvgIpc) is 2.95. The van der Waals surface area contributed by atoms with E-state index in [0.29, 0.717) is 30.8 Å². The van der Waals surface area contributed by atoms with Gasteiger partial charge in [0.25, 0.3) is 0 Å². The Balaban J connectivity index is 1.95. The molecular weight excluding hydrogens is 521 g/mol. The van der Waals surface area contributed by atoms with Gasteiger partial charge in [0.1, 0.15) is 11.6 Å². The predicted octanol–water partition coefficient (Wildman–Crippen LogP) is 4.54. The Labute approximate surface area is 243 Å². The Kier molecular flexibility index (Phi) is 11.7. The first-order chi connectivity index (χ1) is 19.6. The second kappa shape index (κ2) is 14.9. The Bertz CT molecular complexity index is 1250. The minimum Gasteiger partial charge on any atom is -0.497 e. The van der Waals surface area contributed by atoms with E-state index < -0.39 is 29.2 Å². The lowest BCUT2D eigenvalue weighted by atomic mass is 9.63. The van der Waals surface area contributed by atoms with Gasteiger partial charge in [-0.2, -0.15) is 0 Å². The van der Waals surface area contributed by atoms with Crippen LogP contribution in [0.5, 0.6) is 5.75 Å². The number of hydrogen-bond acceptors (Lipinski definition) is 5. The number of amides is 2. The maximum Gasteiger partial charge on any atom is 0.249 e. The van der Waals surface area contributed by atoms with Gasteiger partial charge in [-0.3, -0.25) is 9.59 Å². The molecule has 222 valence electrons. The van der Waals surface area contributed by atoms with Crippen LogP contribution in [-0.4, -0.2) is 54.7 Å². The third kappa shape index (κ3) is 8.27. The summed E-state index contributed by atoms with van der Waals surface area (Å²) in [5, 5.41) is 14.9. The average molecular weight is 566 g/mol. The molecule has 0 saturated carbocycles. The summed E-state index contributed by atoms with van der Waals surface area (Å²) in [4.78, 5) is 28.8. The highest BCUT2D eigenvalue weighted by atomic mass is 19.1. The molecule has 3 atom stereocenters. The summed E-state index contributed by atoms with van der Waals surface area (Å²) in [6.07, 6.45) is 4.46. The van der Waals surface area contributed by atoms with Crippen LogP contribution < -0.4 is 15.8 Å². The molecule has 3 rings (SSSR count). The molecule has 2 aromatic rings. The monoisotopic (exact) mass is 565 g/mol. The number of allylic oxidation sites excluding steroid dienone is 2. The van der Waals surface area contributed by atoms with E-state index in [1.807, 2.05) is 56.0 Å². The second-order valence-corrected chi connectivity index (χ2v) is 10.9. The van der Waals surface area contributed by atoms with Crippen LogP contribution in [0.15, 0.2) is 71.8 Å². The summed E-state index contributed by atoms with van der Waals surface area (Å²) in [5.41, 5.74) is 7.62. The lowest BCUT2D eigenvalue weighted by Crippen LogP contribution is -2.51. The third-order valence-corrected chi connectivity index (χ3v) is 7.67. The van der Waals surface area contributed by atoms with Gasteiger partial charge >= 0.3 is 0 Å². The van der Waals surface area contributed by atoms with Gasteiger partial charge in [0.2, 0.25) is 11.8 Å². The molecule has 0 bridgehead atoms. The van der Waals surface area contributed by atoms with Gasteiger partial charge < -0.3 is 25.8 Å². The molecule has 0 aliphatic heterocycles. The predicted molar refractivity (Wildman–Crippen MR) is 160 cm³/mol. The molecule has 7 nitrogen and oxygen atoms in total. The molecule has 41 heavy (non-hydrogen) atoms. The van der Waals surface area contributed by atoms with Crippen molar-refractivity contribution in [3.63, 3.8) is 0 Å². The van der Waals surface area contributed by atoms with Crippen LogP contribution in [-0.2, 0) is 22.6 Å². The normalized spacial score (nSPS) is 18.2. The fourth-order valence-corrected chi connectivity index (χ4v) is 5.78. The van der Waals surface area contributed by atoms with Crippen molar-refractivity contribution in [2.24, 2.45) is 17.1 Å². The molecule has 4 N–H and O–H groups in total. The summed E-state index contributed by atoms with van der Waals surface area (Å²) in [6, 6.07) is 13.7. The Morgan fingerprint density at radius 1 is 1.12 bits per heavy atom. The molecule has 0 radical (unpaired) electrons. The number of carbonyl (C=O) groups is 2. The van der Waals surface area contributed by atoms with Crippen LogP contribution in [0.4, 0.5) is 4.39 Å². The number of rotatable bonds is 15. The van der Waals surface area contributed by atoms with Crippen LogP contribution >= 0.6 is 0 Å². The van der Waals surface area contributed by atoms with E-state index in [2.05, 4.69) is 5.32 Å². The van der Waals surface area contributed by atoms with E-state index in [1.165, 1.54) is 12.1 Å². The Hall–Kier alpha value is -3.49. The molecule has 1 unspecified atom stereocenters. The zero-order valence-electron chi connectivity index (χ0n) is 24.7. The number of nitrogens with one attached hydrogen (secondary N) is 1. The topological polar surface area (TPSA) is 105 Å².